The monoisotopic (exact) mass is 426 g/mol. The molecule has 4 rings (SSSR count). The molecule has 0 atom stereocenters. The molecule has 0 aliphatic carbocycles. The number of halogens is 1. The van der Waals surface area contributed by atoms with Gasteiger partial charge < -0.3 is 15.4 Å². The van der Waals surface area contributed by atoms with E-state index >= 15 is 0 Å². The average molecular weight is 427 g/mol. The van der Waals surface area contributed by atoms with E-state index in [4.69, 9.17) is 10.5 Å². The Morgan fingerprint density at radius 3 is 2.67 bits per heavy atom. The molecular weight excluding hydrogens is 408 g/mol. The van der Waals surface area contributed by atoms with Crippen molar-refractivity contribution in [2.75, 3.05) is 18.0 Å². The number of hydrogen-bond acceptors (Lipinski definition) is 5. The molecule has 7 heteroatoms. The zero-order valence-electron chi connectivity index (χ0n) is 14.6. The molecule has 0 saturated carbocycles. The summed E-state index contributed by atoms with van der Waals surface area (Å²) in [5, 5.41) is 1.14. The Labute approximate surface area is 165 Å². The molecule has 1 saturated heterocycles. The number of benzene rings is 1. The second kappa shape index (κ2) is 7.52. The number of amides is 1. The summed E-state index contributed by atoms with van der Waals surface area (Å²) in [5.41, 5.74) is 7.69. The van der Waals surface area contributed by atoms with E-state index in [1.807, 2.05) is 18.3 Å². The van der Waals surface area contributed by atoms with Crippen LogP contribution in [0.4, 0.5) is 5.69 Å². The fourth-order valence-corrected chi connectivity index (χ4v) is 3.77. The maximum atomic E-state index is 11.3. The van der Waals surface area contributed by atoms with Gasteiger partial charge in [0.05, 0.1) is 5.52 Å². The summed E-state index contributed by atoms with van der Waals surface area (Å²) in [4.78, 5) is 22.0. The number of aromatic nitrogens is 2. The number of pyridine rings is 2. The zero-order chi connectivity index (χ0) is 18.8. The van der Waals surface area contributed by atoms with Crippen molar-refractivity contribution in [2.24, 2.45) is 5.73 Å². The van der Waals surface area contributed by atoms with Crippen LogP contribution < -0.4 is 15.4 Å². The highest BCUT2D eigenvalue weighted by atomic mass is 79.9. The van der Waals surface area contributed by atoms with E-state index in [2.05, 4.69) is 42.9 Å². The number of piperidine rings is 1. The predicted octanol–water partition coefficient (Wildman–Crippen LogP) is 3.54. The first kappa shape index (κ1) is 17.7. The molecule has 1 amide bonds. The first-order chi connectivity index (χ1) is 13.1. The van der Waals surface area contributed by atoms with Crippen LogP contribution in [0.15, 0.2) is 53.3 Å². The maximum Gasteiger partial charge on any atom is 0.267 e. The lowest BCUT2D eigenvalue weighted by molar-refractivity contribution is 0.0994. The van der Waals surface area contributed by atoms with Crippen molar-refractivity contribution >= 4 is 38.4 Å². The van der Waals surface area contributed by atoms with Gasteiger partial charge in [0.2, 0.25) is 0 Å². The van der Waals surface area contributed by atoms with Crippen molar-refractivity contribution in [1.29, 1.82) is 0 Å². The van der Waals surface area contributed by atoms with Gasteiger partial charge in [0.15, 0.2) is 0 Å². The number of nitrogens with zero attached hydrogens (tertiary/aromatic N) is 3. The molecule has 3 aromatic rings. The molecule has 3 heterocycles. The highest BCUT2D eigenvalue weighted by Crippen LogP contribution is 2.30. The molecule has 1 fully saturated rings. The van der Waals surface area contributed by atoms with Crippen LogP contribution >= 0.6 is 15.9 Å². The molecule has 138 valence electrons. The number of anilines is 1. The summed E-state index contributed by atoms with van der Waals surface area (Å²) in [5.74, 6) is 0.0848. The Bertz CT molecular complexity index is 987. The third-order valence-electron chi connectivity index (χ3n) is 4.75. The van der Waals surface area contributed by atoms with Crippen molar-refractivity contribution in [1.82, 2.24) is 9.97 Å². The maximum absolute atomic E-state index is 11.3. The number of ether oxygens (including phenoxy) is 1. The minimum absolute atomic E-state index is 0.101. The summed E-state index contributed by atoms with van der Waals surface area (Å²) in [6.45, 7) is 1.79. The molecule has 2 N–H and O–H groups in total. The van der Waals surface area contributed by atoms with Crippen LogP contribution in [0.1, 0.15) is 23.3 Å². The number of nitrogens with two attached hydrogens (primary N) is 1. The highest BCUT2D eigenvalue weighted by molar-refractivity contribution is 9.10. The van der Waals surface area contributed by atoms with Crippen LogP contribution in [-0.2, 0) is 0 Å². The van der Waals surface area contributed by atoms with Gasteiger partial charge in [-0.3, -0.25) is 14.8 Å². The summed E-state index contributed by atoms with van der Waals surface area (Å²) < 4.78 is 7.09. The minimum Gasteiger partial charge on any atom is -0.490 e. The van der Waals surface area contributed by atoms with Crippen LogP contribution in [0.5, 0.6) is 5.75 Å². The third kappa shape index (κ3) is 3.88. The second-order valence-corrected chi connectivity index (χ2v) is 7.45. The highest BCUT2D eigenvalue weighted by Gasteiger charge is 2.22. The van der Waals surface area contributed by atoms with E-state index in [0.29, 0.717) is 5.75 Å². The summed E-state index contributed by atoms with van der Waals surface area (Å²) in [6, 6.07) is 11.6. The van der Waals surface area contributed by atoms with E-state index in [0.717, 1.165) is 41.3 Å². The lowest BCUT2D eigenvalue weighted by Gasteiger charge is -2.34. The van der Waals surface area contributed by atoms with E-state index in [-0.39, 0.29) is 11.8 Å². The van der Waals surface area contributed by atoms with Crippen LogP contribution in [0, 0.1) is 0 Å². The molecule has 0 spiro atoms. The summed E-state index contributed by atoms with van der Waals surface area (Å²) >= 11 is 3.55. The van der Waals surface area contributed by atoms with Gasteiger partial charge in [-0.1, -0.05) is 15.9 Å². The van der Waals surface area contributed by atoms with Gasteiger partial charge >= 0.3 is 0 Å². The molecule has 2 aromatic heterocycles. The van der Waals surface area contributed by atoms with Gasteiger partial charge in [0, 0.05) is 59.9 Å². The largest absolute Gasteiger partial charge is 0.490 e. The number of carbonyl (C=O) groups excluding carboxylic acids is 1. The molecule has 0 bridgehead atoms. The first-order valence-corrected chi connectivity index (χ1v) is 9.61. The van der Waals surface area contributed by atoms with E-state index in [1.54, 1.807) is 18.3 Å². The smallest absolute Gasteiger partial charge is 0.267 e. The molecule has 0 unspecified atom stereocenters. The minimum atomic E-state index is -0.550. The average Bonchev–Trinajstić information content (AvgIpc) is 2.68. The Hall–Kier alpha value is -2.67. The number of rotatable bonds is 4. The second-order valence-electron chi connectivity index (χ2n) is 6.54. The van der Waals surface area contributed by atoms with Gasteiger partial charge in [-0.05, 0) is 30.3 Å². The molecule has 1 aliphatic rings. The Morgan fingerprint density at radius 2 is 1.89 bits per heavy atom. The van der Waals surface area contributed by atoms with Crippen LogP contribution in [0.25, 0.3) is 10.9 Å². The van der Waals surface area contributed by atoms with E-state index in [9.17, 15) is 4.79 Å². The Balaban J connectivity index is 1.46. The van der Waals surface area contributed by atoms with Crippen molar-refractivity contribution in [3.05, 3.63) is 59.0 Å². The van der Waals surface area contributed by atoms with Crippen LogP contribution in [-0.4, -0.2) is 35.1 Å². The Morgan fingerprint density at radius 1 is 1.11 bits per heavy atom. The van der Waals surface area contributed by atoms with Gasteiger partial charge in [-0.2, -0.15) is 0 Å². The van der Waals surface area contributed by atoms with Gasteiger partial charge in [0.25, 0.3) is 5.91 Å². The quantitative estimate of drug-likeness (QED) is 0.689. The topological polar surface area (TPSA) is 81.3 Å². The summed E-state index contributed by atoms with van der Waals surface area (Å²) in [7, 11) is 0. The third-order valence-corrected chi connectivity index (χ3v) is 5.24. The van der Waals surface area contributed by atoms with Gasteiger partial charge in [-0.15, -0.1) is 0 Å². The number of fused-ring (bicyclic) bond motifs is 1. The predicted molar refractivity (Wildman–Crippen MR) is 108 cm³/mol. The number of carbonyl (C=O) groups is 1. The lowest BCUT2D eigenvalue weighted by Crippen LogP contribution is -2.38. The number of primary amides is 1. The molecule has 1 aromatic carbocycles. The van der Waals surface area contributed by atoms with Crippen molar-refractivity contribution in [3.8, 4) is 5.75 Å². The zero-order valence-corrected chi connectivity index (χ0v) is 16.2. The number of hydrogen-bond donors (Lipinski definition) is 1. The molecular formula is C20H19BrN4O2. The van der Waals surface area contributed by atoms with E-state index < -0.39 is 5.91 Å². The fourth-order valence-electron chi connectivity index (χ4n) is 3.41. The van der Waals surface area contributed by atoms with Crippen LogP contribution in [0.3, 0.4) is 0 Å². The summed E-state index contributed by atoms with van der Waals surface area (Å²) in [6.07, 6.45) is 5.30. The van der Waals surface area contributed by atoms with Gasteiger partial charge in [0.1, 0.15) is 17.5 Å². The molecule has 1 aliphatic heterocycles. The van der Waals surface area contributed by atoms with Crippen molar-refractivity contribution in [2.45, 2.75) is 18.9 Å². The van der Waals surface area contributed by atoms with Crippen molar-refractivity contribution in [3.63, 3.8) is 0 Å². The fraction of sp³-hybridized carbons (Fsp3) is 0.250. The Kier molecular flexibility index (Phi) is 4.94. The molecule has 27 heavy (non-hydrogen) atoms. The standard InChI is InChI=1S/C20H19BrN4O2/c21-13-1-2-17-16(11-13)19(4-8-23-17)25-9-5-14(6-10-25)27-15-3-7-24-18(12-15)20(22)26/h1-4,7-8,11-12,14H,5-6,9-10H2,(H2,22,26). The molecule has 6 nitrogen and oxygen atoms in total. The van der Waals surface area contributed by atoms with E-state index in [1.165, 1.54) is 5.69 Å². The normalized spacial score (nSPS) is 15.1. The molecule has 0 radical (unpaired) electrons. The van der Waals surface area contributed by atoms with Gasteiger partial charge in [-0.25, -0.2) is 0 Å². The SMILES string of the molecule is NC(=O)c1cc(OC2CCN(c3ccnc4ccc(Br)cc34)CC2)ccn1. The lowest BCUT2D eigenvalue weighted by atomic mass is 10.1. The first-order valence-electron chi connectivity index (χ1n) is 8.82. The van der Waals surface area contributed by atoms with Crippen molar-refractivity contribution < 1.29 is 9.53 Å². The van der Waals surface area contributed by atoms with Crippen LogP contribution in [0.2, 0.25) is 0 Å².